The summed E-state index contributed by atoms with van der Waals surface area (Å²) in [6, 6.07) is 3.45. The zero-order valence-corrected chi connectivity index (χ0v) is 22.8. The van der Waals surface area contributed by atoms with Crippen LogP contribution in [0.25, 0.3) is 0 Å². The average Bonchev–Trinajstić information content (AvgIpc) is 3.58. The van der Waals surface area contributed by atoms with E-state index in [0.29, 0.717) is 54.9 Å². The van der Waals surface area contributed by atoms with Gasteiger partial charge in [0.2, 0.25) is 11.9 Å². The number of aliphatic imine (C=N–C) groups is 1. The van der Waals surface area contributed by atoms with E-state index in [9.17, 15) is 18.7 Å². The van der Waals surface area contributed by atoms with Crippen LogP contribution in [-0.2, 0) is 4.79 Å². The smallest absolute Gasteiger partial charge is 0.225 e. The van der Waals surface area contributed by atoms with Gasteiger partial charge in [0.05, 0.1) is 18.0 Å². The van der Waals surface area contributed by atoms with Gasteiger partial charge in [0.1, 0.15) is 29.0 Å². The van der Waals surface area contributed by atoms with Gasteiger partial charge in [-0.2, -0.15) is 0 Å². The molecular weight excluding hydrogens is 516 g/mol. The second-order valence-corrected chi connectivity index (χ2v) is 11.2. The number of nitrogen functional groups attached to an aromatic ring is 1. The molecule has 40 heavy (non-hydrogen) atoms. The number of aliphatic hydroxyl groups excluding tert-OH is 1. The van der Waals surface area contributed by atoms with Crippen LogP contribution in [0.2, 0.25) is 0 Å². The lowest BCUT2D eigenvalue weighted by Crippen LogP contribution is -2.39. The van der Waals surface area contributed by atoms with Crippen LogP contribution in [0.15, 0.2) is 35.6 Å². The van der Waals surface area contributed by atoms with Gasteiger partial charge >= 0.3 is 0 Å². The number of anilines is 3. The number of nitrogens with two attached hydrogens (primary N) is 1. The first-order valence-corrected chi connectivity index (χ1v) is 14.3. The first kappa shape index (κ1) is 28.1. The molecule has 2 aromatic rings. The van der Waals surface area contributed by atoms with Crippen molar-refractivity contribution in [3.8, 4) is 0 Å². The van der Waals surface area contributed by atoms with Crippen molar-refractivity contribution >= 4 is 29.6 Å². The summed E-state index contributed by atoms with van der Waals surface area (Å²) in [6.45, 7) is 5.82. The first-order chi connectivity index (χ1) is 19.3. The summed E-state index contributed by atoms with van der Waals surface area (Å²) >= 11 is 0. The number of aliphatic hydroxyl groups is 1. The Morgan fingerprint density at radius 1 is 1.10 bits per heavy atom. The van der Waals surface area contributed by atoms with E-state index in [1.165, 1.54) is 18.3 Å². The van der Waals surface area contributed by atoms with E-state index in [1.54, 1.807) is 0 Å². The van der Waals surface area contributed by atoms with Crippen LogP contribution in [0.3, 0.4) is 0 Å². The molecule has 1 aromatic carbocycles. The van der Waals surface area contributed by atoms with Gasteiger partial charge in [0, 0.05) is 37.2 Å². The van der Waals surface area contributed by atoms with Crippen LogP contribution in [0.1, 0.15) is 75.9 Å². The van der Waals surface area contributed by atoms with Crippen molar-refractivity contribution in [3.05, 3.63) is 47.9 Å². The average molecular weight is 556 g/mol. The number of nitrogens with one attached hydrogen (secondary N) is 2. The molecule has 5 rings (SSSR count). The first-order valence-electron chi connectivity index (χ1n) is 14.3. The predicted molar refractivity (Wildman–Crippen MR) is 151 cm³/mol. The normalized spacial score (nSPS) is 25.3. The monoisotopic (exact) mass is 555 g/mol. The number of hydrogen-bond acceptors (Lipinski definition) is 7. The molecule has 1 aromatic heterocycles. The second-order valence-electron chi connectivity index (χ2n) is 11.2. The third-order valence-electron chi connectivity index (χ3n) is 8.39. The third-order valence-corrected chi connectivity index (χ3v) is 8.39. The fraction of sp³-hybridized carbons (Fsp3) is 0.552. The number of carbonyl (C=O) groups excluding carboxylic acids is 1. The molecule has 2 heterocycles. The lowest BCUT2D eigenvalue weighted by Gasteiger charge is -2.31. The molecular formula is C29H39F2N7O2. The van der Waals surface area contributed by atoms with Crippen molar-refractivity contribution in [2.75, 3.05) is 24.1 Å². The Hall–Kier alpha value is -3.47. The zero-order chi connectivity index (χ0) is 28.2. The molecule has 2 aliphatic carbocycles. The highest BCUT2D eigenvalue weighted by Gasteiger charge is 2.31. The Kier molecular flexibility index (Phi) is 8.68. The van der Waals surface area contributed by atoms with Gasteiger partial charge in [-0.25, -0.2) is 18.8 Å². The highest BCUT2D eigenvalue weighted by atomic mass is 19.1. The number of carbonyl (C=O) groups is 1. The molecule has 11 heteroatoms. The van der Waals surface area contributed by atoms with E-state index >= 15 is 0 Å². The summed E-state index contributed by atoms with van der Waals surface area (Å²) in [5.41, 5.74) is 7.00. The maximum Gasteiger partial charge on any atom is 0.225 e. The van der Waals surface area contributed by atoms with Gasteiger partial charge in [0.25, 0.3) is 0 Å². The van der Waals surface area contributed by atoms with Crippen LogP contribution < -0.4 is 16.4 Å². The van der Waals surface area contributed by atoms with Crippen LogP contribution in [0, 0.1) is 17.6 Å². The SMILES string of the molecule is C=C(N=Cc1nc(Nc2ccc(F)cc2F)n(C2CCC(O)CC2)c1N)NC1CCC(C(=O)N2CCCC2)CC1. The fourth-order valence-electron chi connectivity index (χ4n) is 6.14. The zero-order valence-electron chi connectivity index (χ0n) is 22.8. The summed E-state index contributed by atoms with van der Waals surface area (Å²) in [5, 5.41) is 16.3. The van der Waals surface area contributed by atoms with Gasteiger partial charge < -0.3 is 26.4 Å². The van der Waals surface area contributed by atoms with Crippen LogP contribution in [0.4, 0.5) is 26.2 Å². The number of aromatic nitrogens is 2. The lowest BCUT2D eigenvalue weighted by atomic mass is 9.85. The van der Waals surface area contributed by atoms with Gasteiger partial charge in [-0.15, -0.1) is 0 Å². The van der Waals surface area contributed by atoms with Gasteiger partial charge in [0.15, 0.2) is 0 Å². The van der Waals surface area contributed by atoms with E-state index in [4.69, 9.17) is 5.73 Å². The molecule has 3 aliphatic rings. The maximum atomic E-state index is 14.4. The Labute approximate surface area is 233 Å². The summed E-state index contributed by atoms with van der Waals surface area (Å²) in [7, 11) is 0. The topological polar surface area (TPSA) is 121 Å². The minimum absolute atomic E-state index is 0.0381. The molecule has 0 unspecified atom stereocenters. The van der Waals surface area contributed by atoms with Crippen molar-refractivity contribution in [1.82, 2.24) is 19.8 Å². The van der Waals surface area contributed by atoms with E-state index < -0.39 is 11.6 Å². The van der Waals surface area contributed by atoms with Crippen LogP contribution in [0.5, 0.6) is 0 Å². The molecule has 9 nitrogen and oxygen atoms in total. The number of likely N-dealkylation sites (tertiary alicyclic amines) is 1. The van der Waals surface area contributed by atoms with E-state index in [1.807, 2.05) is 9.47 Å². The molecule has 5 N–H and O–H groups in total. The minimum atomic E-state index is -0.739. The largest absolute Gasteiger partial charge is 0.393 e. The van der Waals surface area contributed by atoms with E-state index in [-0.39, 0.29) is 29.8 Å². The van der Waals surface area contributed by atoms with E-state index in [0.717, 1.165) is 57.7 Å². The van der Waals surface area contributed by atoms with Crippen molar-refractivity contribution in [3.63, 3.8) is 0 Å². The Balaban J connectivity index is 1.25. The number of imidazole rings is 1. The molecule has 0 spiro atoms. The number of benzene rings is 1. The molecule has 0 radical (unpaired) electrons. The Bertz CT molecular complexity index is 1240. The quantitative estimate of drug-likeness (QED) is 0.353. The minimum Gasteiger partial charge on any atom is -0.393 e. The predicted octanol–water partition coefficient (Wildman–Crippen LogP) is 4.62. The number of rotatable bonds is 8. The lowest BCUT2D eigenvalue weighted by molar-refractivity contribution is -0.135. The van der Waals surface area contributed by atoms with Crippen molar-refractivity contribution < 1.29 is 18.7 Å². The third kappa shape index (κ3) is 6.46. The molecule has 1 aliphatic heterocycles. The van der Waals surface area contributed by atoms with Crippen LogP contribution in [-0.4, -0.2) is 56.9 Å². The highest BCUT2D eigenvalue weighted by Crippen LogP contribution is 2.35. The summed E-state index contributed by atoms with van der Waals surface area (Å²) in [5.74, 6) is 0.165. The highest BCUT2D eigenvalue weighted by molar-refractivity contribution is 5.85. The van der Waals surface area contributed by atoms with Crippen molar-refractivity contribution in [1.29, 1.82) is 0 Å². The summed E-state index contributed by atoms with van der Waals surface area (Å²) in [4.78, 5) is 23.8. The maximum absolute atomic E-state index is 14.4. The number of halogens is 2. The molecule has 1 saturated heterocycles. The van der Waals surface area contributed by atoms with Gasteiger partial charge in [-0.3, -0.25) is 9.36 Å². The Morgan fingerprint density at radius 3 is 2.48 bits per heavy atom. The number of amides is 1. The van der Waals surface area contributed by atoms with Crippen molar-refractivity contribution in [2.45, 2.75) is 82.4 Å². The van der Waals surface area contributed by atoms with Gasteiger partial charge in [-0.1, -0.05) is 6.58 Å². The van der Waals surface area contributed by atoms with E-state index in [2.05, 4.69) is 27.2 Å². The van der Waals surface area contributed by atoms with Gasteiger partial charge in [-0.05, 0) is 76.3 Å². The molecule has 216 valence electrons. The molecule has 1 amide bonds. The Morgan fingerprint density at radius 2 is 1.80 bits per heavy atom. The number of nitrogens with zero attached hydrogens (tertiary/aromatic N) is 4. The van der Waals surface area contributed by atoms with Crippen molar-refractivity contribution in [2.24, 2.45) is 10.9 Å². The number of hydrogen-bond donors (Lipinski definition) is 4. The standard InChI is InChI=1S/C29H39F2N7O2/c1-18(34-21-7-4-19(5-8-21)28(40)37-14-2-3-15-37)33-17-26-27(32)38(22-9-11-23(39)12-10-22)29(36-26)35-25-13-6-20(30)16-24(25)31/h6,13,16-17,19,21-23,34,39H,1-5,7-12,14-15,32H2,(H,35,36). The molecule has 0 bridgehead atoms. The molecule has 0 atom stereocenters. The molecule has 2 saturated carbocycles. The van der Waals surface area contributed by atoms with Crippen LogP contribution >= 0.6 is 0 Å². The summed E-state index contributed by atoms with van der Waals surface area (Å²) in [6.07, 6.45) is 9.49. The molecule has 3 fully saturated rings. The summed E-state index contributed by atoms with van der Waals surface area (Å²) < 4.78 is 29.7. The fourth-order valence-corrected chi connectivity index (χ4v) is 6.14. The second kappa shape index (κ2) is 12.4.